The highest BCUT2D eigenvalue weighted by molar-refractivity contribution is 6.03. The van der Waals surface area contributed by atoms with Gasteiger partial charge in [-0.3, -0.25) is 4.79 Å². The SMILES string of the molecule is COc1ccccc1C(=O)C1CCCc2ccccc21. The Labute approximate surface area is 119 Å². The van der Waals surface area contributed by atoms with E-state index in [4.69, 9.17) is 4.74 Å². The average molecular weight is 266 g/mol. The van der Waals surface area contributed by atoms with Crippen LogP contribution in [0.4, 0.5) is 0 Å². The minimum absolute atomic E-state index is 0.0313. The first-order chi connectivity index (χ1) is 9.81. The van der Waals surface area contributed by atoms with Gasteiger partial charge in [0, 0.05) is 5.92 Å². The first-order valence-corrected chi connectivity index (χ1v) is 7.06. The smallest absolute Gasteiger partial charge is 0.174 e. The largest absolute Gasteiger partial charge is 0.496 e. The molecule has 1 unspecified atom stereocenters. The average Bonchev–Trinajstić information content (AvgIpc) is 2.53. The lowest BCUT2D eigenvalue weighted by molar-refractivity contribution is 0.0948. The zero-order chi connectivity index (χ0) is 13.9. The number of fused-ring (bicyclic) bond motifs is 1. The van der Waals surface area contributed by atoms with Crippen molar-refractivity contribution < 1.29 is 9.53 Å². The maximum Gasteiger partial charge on any atom is 0.174 e. The van der Waals surface area contributed by atoms with E-state index >= 15 is 0 Å². The number of carbonyl (C=O) groups excluding carboxylic acids is 1. The molecule has 2 heteroatoms. The molecule has 0 aliphatic heterocycles. The zero-order valence-corrected chi connectivity index (χ0v) is 11.6. The van der Waals surface area contributed by atoms with Gasteiger partial charge in [-0.25, -0.2) is 0 Å². The third-order valence-electron chi connectivity index (χ3n) is 4.06. The van der Waals surface area contributed by atoms with E-state index in [1.54, 1.807) is 7.11 Å². The number of benzene rings is 2. The van der Waals surface area contributed by atoms with E-state index in [0.717, 1.165) is 19.3 Å². The fraction of sp³-hybridized carbons (Fsp3) is 0.278. The lowest BCUT2D eigenvalue weighted by Crippen LogP contribution is -2.19. The van der Waals surface area contributed by atoms with Gasteiger partial charge in [-0.05, 0) is 42.5 Å². The van der Waals surface area contributed by atoms with Crippen molar-refractivity contribution in [2.24, 2.45) is 0 Å². The normalized spacial score (nSPS) is 17.4. The quantitative estimate of drug-likeness (QED) is 0.785. The van der Waals surface area contributed by atoms with Crippen LogP contribution >= 0.6 is 0 Å². The fourth-order valence-corrected chi connectivity index (χ4v) is 3.06. The molecule has 2 aromatic rings. The van der Waals surface area contributed by atoms with Crippen molar-refractivity contribution in [1.82, 2.24) is 0 Å². The number of ketones is 1. The van der Waals surface area contributed by atoms with Crippen LogP contribution in [-0.2, 0) is 6.42 Å². The van der Waals surface area contributed by atoms with Crippen molar-refractivity contribution in [2.45, 2.75) is 25.2 Å². The highest BCUT2D eigenvalue weighted by Gasteiger charge is 2.28. The van der Waals surface area contributed by atoms with Crippen LogP contribution in [-0.4, -0.2) is 12.9 Å². The van der Waals surface area contributed by atoms with Gasteiger partial charge in [-0.1, -0.05) is 36.4 Å². The molecule has 1 atom stereocenters. The first kappa shape index (κ1) is 12.9. The first-order valence-electron chi connectivity index (χ1n) is 7.06. The maximum atomic E-state index is 12.9. The van der Waals surface area contributed by atoms with Gasteiger partial charge < -0.3 is 4.74 Å². The van der Waals surface area contributed by atoms with Crippen molar-refractivity contribution >= 4 is 5.78 Å². The van der Waals surface area contributed by atoms with Crippen LogP contribution in [0.25, 0.3) is 0 Å². The van der Waals surface area contributed by atoms with Crippen LogP contribution in [0.2, 0.25) is 0 Å². The van der Waals surface area contributed by atoms with Gasteiger partial charge >= 0.3 is 0 Å². The Balaban J connectivity index is 2.00. The second-order valence-corrected chi connectivity index (χ2v) is 5.21. The molecular weight excluding hydrogens is 248 g/mol. The molecule has 20 heavy (non-hydrogen) atoms. The van der Waals surface area contributed by atoms with Gasteiger partial charge in [0.2, 0.25) is 0 Å². The lowest BCUT2D eigenvalue weighted by atomic mass is 9.79. The number of rotatable bonds is 3. The second-order valence-electron chi connectivity index (χ2n) is 5.21. The van der Waals surface area contributed by atoms with Crippen molar-refractivity contribution in [3.05, 3.63) is 65.2 Å². The number of Topliss-reactive ketones (excluding diaryl/α,β-unsaturated/α-hetero) is 1. The topological polar surface area (TPSA) is 26.3 Å². The predicted octanol–water partition coefficient (Wildman–Crippen LogP) is 4.00. The standard InChI is InChI=1S/C18H18O2/c1-20-17-12-5-4-10-16(17)18(19)15-11-6-8-13-7-2-3-9-14(13)15/h2-5,7,9-10,12,15H,6,8,11H2,1H3. The second kappa shape index (κ2) is 5.49. The highest BCUT2D eigenvalue weighted by Crippen LogP contribution is 2.35. The molecule has 0 heterocycles. The van der Waals surface area contributed by atoms with E-state index < -0.39 is 0 Å². The molecular formula is C18H18O2. The summed E-state index contributed by atoms with van der Waals surface area (Å²) in [5.41, 5.74) is 3.19. The number of ether oxygens (including phenoxy) is 1. The minimum atomic E-state index is -0.0313. The zero-order valence-electron chi connectivity index (χ0n) is 11.6. The number of para-hydroxylation sites is 1. The fourth-order valence-electron chi connectivity index (χ4n) is 3.06. The van der Waals surface area contributed by atoms with E-state index in [1.165, 1.54) is 11.1 Å². The lowest BCUT2D eigenvalue weighted by Gasteiger charge is -2.24. The molecule has 2 aromatic carbocycles. The summed E-state index contributed by atoms with van der Waals surface area (Å²) in [7, 11) is 1.61. The molecule has 102 valence electrons. The third-order valence-corrected chi connectivity index (χ3v) is 4.06. The molecule has 0 bridgehead atoms. The van der Waals surface area contributed by atoms with Gasteiger partial charge in [0.15, 0.2) is 5.78 Å². The summed E-state index contributed by atoms with van der Waals surface area (Å²) in [6, 6.07) is 15.8. The molecule has 1 aliphatic rings. The van der Waals surface area contributed by atoms with Crippen molar-refractivity contribution in [3.63, 3.8) is 0 Å². The van der Waals surface area contributed by atoms with E-state index in [9.17, 15) is 4.79 Å². The summed E-state index contributed by atoms with van der Waals surface area (Å²) in [4.78, 5) is 12.9. The summed E-state index contributed by atoms with van der Waals surface area (Å²) in [5, 5.41) is 0. The summed E-state index contributed by atoms with van der Waals surface area (Å²) in [6.45, 7) is 0. The van der Waals surface area contributed by atoms with Crippen LogP contribution in [0.15, 0.2) is 48.5 Å². The van der Waals surface area contributed by atoms with Gasteiger partial charge in [0.25, 0.3) is 0 Å². The monoisotopic (exact) mass is 266 g/mol. The number of methoxy groups -OCH3 is 1. The number of carbonyl (C=O) groups is 1. The Kier molecular flexibility index (Phi) is 3.55. The van der Waals surface area contributed by atoms with Gasteiger partial charge in [0.1, 0.15) is 5.75 Å². The van der Waals surface area contributed by atoms with E-state index in [2.05, 4.69) is 18.2 Å². The summed E-state index contributed by atoms with van der Waals surface area (Å²) in [6.07, 6.45) is 3.07. The summed E-state index contributed by atoms with van der Waals surface area (Å²) < 4.78 is 5.32. The molecule has 2 nitrogen and oxygen atoms in total. The number of aryl methyl sites for hydroxylation is 1. The summed E-state index contributed by atoms with van der Waals surface area (Å²) >= 11 is 0. The van der Waals surface area contributed by atoms with Crippen molar-refractivity contribution in [1.29, 1.82) is 0 Å². The Morgan fingerprint density at radius 2 is 1.85 bits per heavy atom. The molecule has 1 aliphatic carbocycles. The molecule has 3 rings (SSSR count). The van der Waals surface area contributed by atoms with Crippen molar-refractivity contribution in [2.75, 3.05) is 7.11 Å². The van der Waals surface area contributed by atoms with Crippen LogP contribution in [0.5, 0.6) is 5.75 Å². The molecule has 0 saturated heterocycles. The molecule has 0 saturated carbocycles. The third kappa shape index (κ3) is 2.22. The Morgan fingerprint density at radius 1 is 1.10 bits per heavy atom. The Bertz CT molecular complexity index is 631. The Hall–Kier alpha value is -2.09. The molecule has 0 fully saturated rings. The number of hydrogen-bond acceptors (Lipinski definition) is 2. The van der Waals surface area contributed by atoms with Crippen molar-refractivity contribution in [3.8, 4) is 5.75 Å². The minimum Gasteiger partial charge on any atom is -0.496 e. The van der Waals surface area contributed by atoms with Gasteiger partial charge in [-0.2, -0.15) is 0 Å². The maximum absolute atomic E-state index is 12.9. The van der Waals surface area contributed by atoms with Gasteiger partial charge in [-0.15, -0.1) is 0 Å². The number of hydrogen-bond donors (Lipinski definition) is 0. The Morgan fingerprint density at radius 3 is 2.70 bits per heavy atom. The van der Waals surface area contributed by atoms with Gasteiger partial charge in [0.05, 0.1) is 12.7 Å². The van der Waals surface area contributed by atoms with Crippen LogP contribution in [0, 0.1) is 0 Å². The predicted molar refractivity (Wildman–Crippen MR) is 79.4 cm³/mol. The van der Waals surface area contributed by atoms with E-state index in [1.807, 2.05) is 30.3 Å². The molecule has 0 amide bonds. The highest BCUT2D eigenvalue weighted by atomic mass is 16.5. The van der Waals surface area contributed by atoms with Crippen LogP contribution in [0.1, 0.15) is 40.2 Å². The van der Waals surface area contributed by atoms with Crippen LogP contribution in [0.3, 0.4) is 0 Å². The van der Waals surface area contributed by atoms with E-state index in [-0.39, 0.29) is 11.7 Å². The molecule has 0 N–H and O–H groups in total. The van der Waals surface area contributed by atoms with E-state index in [0.29, 0.717) is 11.3 Å². The summed E-state index contributed by atoms with van der Waals surface area (Å²) in [5.74, 6) is 0.811. The molecule has 0 radical (unpaired) electrons. The van der Waals surface area contributed by atoms with Crippen LogP contribution < -0.4 is 4.74 Å². The molecule has 0 aromatic heterocycles. The molecule has 0 spiro atoms.